The number of hydrogen-bond donors (Lipinski definition) is 3. The van der Waals surface area contributed by atoms with Crippen molar-refractivity contribution in [3.63, 3.8) is 0 Å². The first kappa shape index (κ1) is 12.7. The fourth-order valence-corrected chi connectivity index (χ4v) is 2.18. The minimum absolute atomic E-state index is 0.261. The number of rotatable bonds is 5. The highest BCUT2D eigenvalue weighted by Gasteiger charge is 2.04. The number of hydrogen-bond acceptors (Lipinski definition) is 3. The summed E-state index contributed by atoms with van der Waals surface area (Å²) in [4.78, 5) is 7.41. The van der Waals surface area contributed by atoms with Gasteiger partial charge >= 0.3 is 0 Å². The van der Waals surface area contributed by atoms with Gasteiger partial charge in [0.25, 0.3) is 0 Å². The van der Waals surface area contributed by atoms with Gasteiger partial charge in [0, 0.05) is 12.2 Å². The number of halogens is 1. The maximum Gasteiger partial charge on any atom is 0.201 e. The number of nitrogens with one attached hydrogen (secondary N) is 3. The molecule has 6 heteroatoms. The lowest BCUT2D eigenvalue weighted by Crippen LogP contribution is -2.04. The highest BCUT2D eigenvalue weighted by atomic mass is 19.1. The number of aromatic amines is 2. The van der Waals surface area contributed by atoms with Crippen LogP contribution in [-0.2, 0) is 6.42 Å². The lowest BCUT2D eigenvalue weighted by atomic mass is 10.1. The summed E-state index contributed by atoms with van der Waals surface area (Å²) in [6.45, 7) is 2.82. The summed E-state index contributed by atoms with van der Waals surface area (Å²) in [5, 5.41) is 10.1. The molecule has 0 amide bonds. The Morgan fingerprint density at radius 2 is 2.25 bits per heavy atom. The number of H-pyrrole nitrogens is 2. The van der Waals surface area contributed by atoms with Crippen molar-refractivity contribution in [2.45, 2.75) is 19.8 Å². The number of aromatic nitrogens is 4. The molecule has 3 aromatic rings. The van der Waals surface area contributed by atoms with Crippen LogP contribution in [0.5, 0.6) is 0 Å². The first-order valence-corrected chi connectivity index (χ1v) is 6.60. The van der Waals surface area contributed by atoms with E-state index in [-0.39, 0.29) is 5.82 Å². The molecular formula is C14H16FN5. The number of benzene rings is 1. The lowest BCUT2D eigenvalue weighted by Gasteiger charge is -2.02. The molecule has 3 N–H and O–H groups in total. The van der Waals surface area contributed by atoms with Gasteiger partial charge in [0.05, 0.1) is 17.2 Å². The van der Waals surface area contributed by atoms with Crippen LogP contribution in [0.4, 0.5) is 10.3 Å². The number of fused-ring (bicyclic) bond motifs is 1. The minimum atomic E-state index is -0.261. The molecule has 2 aromatic heterocycles. The van der Waals surface area contributed by atoms with Crippen molar-refractivity contribution in [3.05, 3.63) is 41.5 Å². The molecule has 0 saturated carbocycles. The fraction of sp³-hybridized carbons (Fsp3) is 0.286. The standard InChI is InChI=1S/C14H16FN5/c1-9-10(8-17-20-9)3-2-6-16-14-18-12-5-4-11(15)7-13(12)19-14/h4-5,7-8H,2-3,6H2,1H3,(H,17,20)(H2,16,18,19). The minimum Gasteiger partial charge on any atom is -0.356 e. The average molecular weight is 273 g/mol. The Hall–Kier alpha value is -2.37. The Labute approximate surface area is 115 Å². The third-order valence-electron chi connectivity index (χ3n) is 3.29. The lowest BCUT2D eigenvalue weighted by molar-refractivity contribution is 0.629. The molecule has 20 heavy (non-hydrogen) atoms. The van der Waals surface area contributed by atoms with Crippen LogP contribution in [0.2, 0.25) is 0 Å². The topological polar surface area (TPSA) is 69.4 Å². The number of anilines is 1. The summed E-state index contributed by atoms with van der Waals surface area (Å²) < 4.78 is 13.1. The second-order valence-electron chi connectivity index (χ2n) is 4.80. The molecule has 2 heterocycles. The second-order valence-corrected chi connectivity index (χ2v) is 4.80. The van der Waals surface area contributed by atoms with Gasteiger partial charge in [-0.25, -0.2) is 9.37 Å². The van der Waals surface area contributed by atoms with Gasteiger partial charge in [0.15, 0.2) is 0 Å². The van der Waals surface area contributed by atoms with Gasteiger partial charge in [0.1, 0.15) is 5.82 Å². The first-order chi connectivity index (χ1) is 9.72. The number of imidazole rings is 1. The summed E-state index contributed by atoms with van der Waals surface area (Å²) in [7, 11) is 0. The van der Waals surface area contributed by atoms with E-state index < -0.39 is 0 Å². The zero-order valence-corrected chi connectivity index (χ0v) is 11.2. The molecule has 104 valence electrons. The third kappa shape index (κ3) is 2.64. The van der Waals surface area contributed by atoms with Crippen molar-refractivity contribution in [3.8, 4) is 0 Å². The second kappa shape index (κ2) is 5.32. The van der Waals surface area contributed by atoms with E-state index in [0.717, 1.165) is 30.6 Å². The largest absolute Gasteiger partial charge is 0.356 e. The van der Waals surface area contributed by atoms with E-state index >= 15 is 0 Å². The first-order valence-electron chi connectivity index (χ1n) is 6.60. The maximum absolute atomic E-state index is 13.1. The SMILES string of the molecule is Cc1[nH]ncc1CCCNc1nc2ccc(F)cc2[nH]1. The molecule has 0 saturated heterocycles. The molecule has 3 rings (SSSR count). The van der Waals surface area contributed by atoms with E-state index in [1.165, 1.54) is 17.7 Å². The monoisotopic (exact) mass is 273 g/mol. The Kier molecular flexibility index (Phi) is 3.37. The molecule has 5 nitrogen and oxygen atoms in total. The van der Waals surface area contributed by atoms with Crippen molar-refractivity contribution in [2.24, 2.45) is 0 Å². The van der Waals surface area contributed by atoms with Gasteiger partial charge in [-0.1, -0.05) is 0 Å². The van der Waals surface area contributed by atoms with E-state index in [1.807, 2.05) is 13.1 Å². The van der Waals surface area contributed by atoms with Crippen LogP contribution < -0.4 is 5.32 Å². The Morgan fingerprint density at radius 3 is 3.05 bits per heavy atom. The third-order valence-corrected chi connectivity index (χ3v) is 3.29. The van der Waals surface area contributed by atoms with Crippen molar-refractivity contribution >= 4 is 17.0 Å². The molecule has 0 unspecified atom stereocenters. The zero-order chi connectivity index (χ0) is 13.9. The van der Waals surface area contributed by atoms with Crippen LogP contribution in [0.15, 0.2) is 24.4 Å². The molecule has 0 aliphatic rings. The van der Waals surface area contributed by atoms with Gasteiger partial charge in [-0.3, -0.25) is 5.10 Å². The van der Waals surface area contributed by atoms with Gasteiger partial charge in [-0.05, 0) is 43.5 Å². The van der Waals surface area contributed by atoms with E-state index in [2.05, 4.69) is 25.5 Å². The molecular weight excluding hydrogens is 257 g/mol. The number of aryl methyl sites for hydroxylation is 2. The maximum atomic E-state index is 13.1. The molecule has 0 aliphatic carbocycles. The Bertz CT molecular complexity index is 715. The highest BCUT2D eigenvalue weighted by Crippen LogP contribution is 2.15. The van der Waals surface area contributed by atoms with Crippen LogP contribution >= 0.6 is 0 Å². The van der Waals surface area contributed by atoms with Gasteiger partial charge in [0.2, 0.25) is 5.95 Å². The van der Waals surface area contributed by atoms with Crippen molar-refractivity contribution in [1.29, 1.82) is 0 Å². The van der Waals surface area contributed by atoms with Crippen LogP contribution in [0.1, 0.15) is 17.7 Å². The molecule has 0 fully saturated rings. The van der Waals surface area contributed by atoms with E-state index in [4.69, 9.17) is 0 Å². The van der Waals surface area contributed by atoms with Crippen molar-refractivity contribution in [1.82, 2.24) is 20.2 Å². The van der Waals surface area contributed by atoms with Gasteiger partial charge in [-0.2, -0.15) is 5.10 Å². The predicted molar refractivity (Wildman–Crippen MR) is 76.2 cm³/mol. The molecule has 0 atom stereocenters. The number of nitrogens with zero attached hydrogens (tertiary/aromatic N) is 2. The van der Waals surface area contributed by atoms with Gasteiger partial charge in [-0.15, -0.1) is 0 Å². The van der Waals surface area contributed by atoms with E-state index in [0.29, 0.717) is 11.5 Å². The van der Waals surface area contributed by atoms with Crippen molar-refractivity contribution in [2.75, 3.05) is 11.9 Å². The van der Waals surface area contributed by atoms with E-state index in [1.54, 1.807) is 6.07 Å². The summed E-state index contributed by atoms with van der Waals surface area (Å²) in [6, 6.07) is 4.53. The van der Waals surface area contributed by atoms with E-state index in [9.17, 15) is 4.39 Å². The summed E-state index contributed by atoms with van der Waals surface area (Å²) in [5.74, 6) is 0.414. The molecule has 0 bridgehead atoms. The fourth-order valence-electron chi connectivity index (χ4n) is 2.18. The van der Waals surface area contributed by atoms with Crippen LogP contribution in [0.25, 0.3) is 11.0 Å². The Morgan fingerprint density at radius 1 is 1.35 bits per heavy atom. The predicted octanol–water partition coefficient (Wildman–Crippen LogP) is 2.78. The molecule has 0 spiro atoms. The van der Waals surface area contributed by atoms with Crippen molar-refractivity contribution < 1.29 is 4.39 Å². The summed E-state index contributed by atoms with van der Waals surface area (Å²) >= 11 is 0. The van der Waals surface area contributed by atoms with Crippen LogP contribution in [0.3, 0.4) is 0 Å². The quantitative estimate of drug-likeness (QED) is 0.626. The van der Waals surface area contributed by atoms with Crippen LogP contribution in [-0.4, -0.2) is 26.7 Å². The van der Waals surface area contributed by atoms with Crippen LogP contribution in [0, 0.1) is 12.7 Å². The Balaban J connectivity index is 1.56. The zero-order valence-electron chi connectivity index (χ0n) is 11.2. The summed E-state index contributed by atoms with van der Waals surface area (Å²) in [6.07, 6.45) is 3.80. The normalized spacial score (nSPS) is 11.1. The molecule has 0 radical (unpaired) electrons. The molecule has 0 aliphatic heterocycles. The summed E-state index contributed by atoms with van der Waals surface area (Å²) in [5.41, 5.74) is 3.82. The highest BCUT2D eigenvalue weighted by molar-refractivity contribution is 5.77. The average Bonchev–Trinajstić information content (AvgIpc) is 3.00. The smallest absolute Gasteiger partial charge is 0.201 e. The molecule has 1 aromatic carbocycles. The van der Waals surface area contributed by atoms with Gasteiger partial charge < -0.3 is 10.3 Å².